The third-order valence-corrected chi connectivity index (χ3v) is 3.68. The summed E-state index contributed by atoms with van der Waals surface area (Å²) in [5, 5.41) is 15.0. The number of para-hydroxylation sites is 1. The number of hydrogen-bond donors (Lipinski definition) is 2. The molecular formula is C14H10N2O2S. The normalized spacial score (nSPS) is 10.5. The van der Waals surface area contributed by atoms with Gasteiger partial charge in [-0.05, 0) is 23.6 Å². The van der Waals surface area contributed by atoms with Gasteiger partial charge in [0.2, 0.25) is 0 Å². The molecule has 0 fully saturated rings. The van der Waals surface area contributed by atoms with E-state index < -0.39 is 5.97 Å². The fourth-order valence-electron chi connectivity index (χ4n) is 1.92. The summed E-state index contributed by atoms with van der Waals surface area (Å²) in [5.74, 6) is -0.920. The third kappa shape index (κ3) is 2.15. The number of aromatic nitrogens is 1. The predicted molar refractivity (Wildman–Crippen MR) is 76.3 cm³/mol. The van der Waals surface area contributed by atoms with Gasteiger partial charge in [-0.25, -0.2) is 4.79 Å². The Hall–Kier alpha value is -2.40. The van der Waals surface area contributed by atoms with E-state index in [-0.39, 0.29) is 0 Å². The Morgan fingerprint density at radius 3 is 2.84 bits per heavy atom. The lowest BCUT2D eigenvalue weighted by atomic mass is 10.2. The average molecular weight is 270 g/mol. The van der Waals surface area contributed by atoms with Gasteiger partial charge in [-0.3, -0.25) is 4.98 Å². The first-order valence-corrected chi connectivity index (χ1v) is 6.55. The summed E-state index contributed by atoms with van der Waals surface area (Å²) >= 11 is 1.20. The Bertz CT molecular complexity index is 747. The van der Waals surface area contributed by atoms with E-state index in [1.165, 1.54) is 11.3 Å². The molecule has 0 amide bonds. The molecule has 3 rings (SSSR count). The zero-order valence-corrected chi connectivity index (χ0v) is 10.6. The van der Waals surface area contributed by atoms with Crippen LogP contribution in [0.2, 0.25) is 0 Å². The Morgan fingerprint density at radius 1 is 1.16 bits per heavy atom. The molecule has 0 saturated carbocycles. The summed E-state index contributed by atoms with van der Waals surface area (Å²) in [5.41, 5.74) is 2.33. The third-order valence-electron chi connectivity index (χ3n) is 2.78. The minimum absolute atomic E-state index is 0.306. The highest BCUT2D eigenvalue weighted by Gasteiger charge is 2.12. The Labute approximate surface area is 113 Å². The van der Waals surface area contributed by atoms with Crippen molar-refractivity contribution in [1.82, 2.24) is 4.98 Å². The number of pyridine rings is 1. The van der Waals surface area contributed by atoms with Crippen LogP contribution >= 0.6 is 11.3 Å². The van der Waals surface area contributed by atoms with E-state index in [0.29, 0.717) is 10.6 Å². The van der Waals surface area contributed by atoms with Crippen molar-refractivity contribution in [3.8, 4) is 0 Å². The highest BCUT2D eigenvalue weighted by Crippen LogP contribution is 2.29. The number of hydrogen-bond acceptors (Lipinski definition) is 4. The molecule has 94 valence electrons. The van der Waals surface area contributed by atoms with Gasteiger partial charge < -0.3 is 10.4 Å². The van der Waals surface area contributed by atoms with Gasteiger partial charge in [0.15, 0.2) is 0 Å². The zero-order valence-electron chi connectivity index (χ0n) is 9.83. The molecule has 0 aliphatic heterocycles. The van der Waals surface area contributed by atoms with Crippen LogP contribution in [0.4, 0.5) is 11.4 Å². The number of carbonyl (C=O) groups is 1. The van der Waals surface area contributed by atoms with Crippen LogP contribution in [0.25, 0.3) is 10.9 Å². The van der Waals surface area contributed by atoms with Crippen molar-refractivity contribution in [3.05, 3.63) is 52.9 Å². The molecule has 4 nitrogen and oxygen atoms in total. The zero-order chi connectivity index (χ0) is 13.2. The number of carboxylic acids is 1. The molecule has 2 aromatic heterocycles. The second kappa shape index (κ2) is 4.70. The van der Waals surface area contributed by atoms with E-state index in [4.69, 9.17) is 5.11 Å². The topological polar surface area (TPSA) is 62.2 Å². The summed E-state index contributed by atoms with van der Waals surface area (Å²) in [6, 6.07) is 11.3. The summed E-state index contributed by atoms with van der Waals surface area (Å²) in [6.07, 6.45) is 1.71. The number of aromatic carboxylic acids is 1. The Kier molecular flexibility index (Phi) is 2.89. The van der Waals surface area contributed by atoms with E-state index in [0.717, 1.165) is 16.6 Å². The van der Waals surface area contributed by atoms with Crippen LogP contribution in [0, 0.1) is 0 Å². The number of thiophene rings is 1. The van der Waals surface area contributed by atoms with Crippen LogP contribution in [0.5, 0.6) is 0 Å². The lowest BCUT2D eigenvalue weighted by Crippen LogP contribution is -1.99. The van der Waals surface area contributed by atoms with Gasteiger partial charge in [-0.15, -0.1) is 11.3 Å². The largest absolute Gasteiger partial charge is 0.477 e. The molecule has 0 saturated heterocycles. The maximum absolute atomic E-state index is 11.1. The fraction of sp³-hybridized carbons (Fsp3) is 0. The molecule has 5 heteroatoms. The minimum Gasteiger partial charge on any atom is -0.477 e. The molecule has 3 aromatic rings. The molecule has 0 aliphatic carbocycles. The van der Waals surface area contributed by atoms with E-state index in [9.17, 15) is 4.79 Å². The molecule has 0 spiro atoms. The number of carboxylic acid groups (broad SMARTS) is 1. The molecule has 1 aromatic carbocycles. The molecule has 0 aliphatic rings. The van der Waals surface area contributed by atoms with Gasteiger partial charge in [0, 0.05) is 17.3 Å². The van der Waals surface area contributed by atoms with Crippen molar-refractivity contribution in [2.45, 2.75) is 0 Å². The molecule has 0 unspecified atom stereocenters. The first-order chi connectivity index (χ1) is 9.25. The van der Waals surface area contributed by atoms with Gasteiger partial charge in [0.25, 0.3) is 0 Å². The average Bonchev–Trinajstić information content (AvgIpc) is 2.87. The smallest absolute Gasteiger partial charge is 0.348 e. The molecule has 2 heterocycles. The molecule has 19 heavy (non-hydrogen) atoms. The second-order valence-corrected chi connectivity index (χ2v) is 4.89. The van der Waals surface area contributed by atoms with Crippen molar-refractivity contribution in [1.29, 1.82) is 0 Å². The summed E-state index contributed by atoms with van der Waals surface area (Å²) < 4.78 is 0. The van der Waals surface area contributed by atoms with E-state index >= 15 is 0 Å². The van der Waals surface area contributed by atoms with Crippen molar-refractivity contribution in [3.63, 3.8) is 0 Å². The molecule has 2 N–H and O–H groups in total. The maximum Gasteiger partial charge on any atom is 0.348 e. The quantitative estimate of drug-likeness (QED) is 0.761. The van der Waals surface area contributed by atoms with Crippen LogP contribution in [0.1, 0.15) is 9.67 Å². The SMILES string of the molecule is O=C(O)c1sccc1Nc1ccnc2ccccc12. The number of anilines is 2. The maximum atomic E-state index is 11.1. The number of fused-ring (bicyclic) bond motifs is 1. The molecular weight excluding hydrogens is 260 g/mol. The monoisotopic (exact) mass is 270 g/mol. The number of nitrogens with one attached hydrogen (secondary N) is 1. The van der Waals surface area contributed by atoms with E-state index in [1.54, 1.807) is 17.6 Å². The predicted octanol–water partition coefficient (Wildman–Crippen LogP) is 3.74. The van der Waals surface area contributed by atoms with Crippen LogP contribution in [-0.2, 0) is 0 Å². The van der Waals surface area contributed by atoms with Crippen molar-refractivity contribution in [2.75, 3.05) is 5.32 Å². The summed E-state index contributed by atoms with van der Waals surface area (Å²) in [6.45, 7) is 0. The lowest BCUT2D eigenvalue weighted by Gasteiger charge is -2.08. The van der Waals surface area contributed by atoms with E-state index in [2.05, 4.69) is 10.3 Å². The highest BCUT2D eigenvalue weighted by atomic mass is 32.1. The van der Waals surface area contributed by atoms with Gasteiger partial charge in [0.1, 0.15) is 4.88 Å². The summed E-state index contributed by atoms with van der Waals surface area (Å²) in [4.78, 5) is 15.7. The molecule has 0 bridgehead atoms. The van der Waals surface area contributed by atoms with Crippen LogP contribution in [-0.4, -0.2) is 16.1 Å². The van der Waals surface area contributed by atoms with Crippen molar-refractivity contribution in [2.24, 2.45) is 0 Å². The van der Waals surface area contributed by atoms with Crippen LogP contribution in [0.15, 0.2) is 48.0 Å². The highest BCUT2D eigenvalue weighted by molar-refractivity contribution is 7.12. The van der Waals surface area contributed by atoms with Gasteiger partial charge in [-0.1, -0.05) is 18.2 Å². The van der Waals surface area contributed by atoms with E-state index in [1.807, 2.05) is 30.3 Å². The number of benzene rings is 1. The summed E-state index contributed by atoms with van der Waals surface area (Å²) in [7, 11) is 0. The van der Waals surface area contributed by atoms with Gasteiger partial charge in [-0.2, -0.15) is 0 Å². The Balaban J connectivity index is 2.06. The van der Waals surface area contributed by atoms with Crippen LogP contribution < -0.4 is 5.32 Å². The first kappa shape index (κ1) is 11.7. The number of rotatable bonds is 3. The molecule has 0 atom stereocenters. The number of nitrogens with zero attached hydrogens (tertiary/aromatic N) is 1. The lowest BCUT2D eigenvalue weighted by molar-refractivity contribution is 0.0703. The fourth-order valence-corrected chi connectivity index (χ4v) is 2.61. The minimum atomic E-state index is -0.920. The molecule has 0 radical (unpaired) electrons. The van der Waals surface area contributed by atoms with Crippen LogP contribution in [0.3, 0.4) is 0 Å². The van der Waals surface area contributed by atoms with Crippen molar-refractivity contribution < 1.29 is 9.90 Å². The Morgan fingerprint density at radius 2 is 2.00 bits per heavy atom. The second-order valence-electron chi connectivity index (χ2n) is 3.97. The van der Waals surface area contributed by atoms with Gasteiger partial charge in [0.05, 0.1) is 11.2 Å². The van der Waals surface area contributed by atoms with Crippen molar-refractivity contribution >= 4 is 39.6 Å². The van der Waals surface area contributed by atoms with Gasteiger partial charge >= 0.3 is 5.97 Å². The first-order valence-electron chi connectivity index (χ1n) is 5.67. The standard InChI is InChI=1S/C14H10N2O2S/c17-14(18)13-12(6-8-19-13)16-11-5-7-15-10-4-2-1-3-9(10)11/h1-8H,(H,15,16)(H,17,18).